The summed E-state index contributed by atoms with van der Waals surface area (Å²) in [6, 6.07) is 6.75. The highest BCUT2D eigenvalue weighted by Crippen LogP contribution is 2.21. The third-order valence-electron chi connectivity index (χ3n) is 2.59. The van der Waals surface area contributed by atoms with Crippen LogP contribution in [-0.2, 0) is 6.54 Å². The summed E-state index contributed by atoms with van der Waals surface area (Å²) in [5.74, 6) is 0.863. The first-order valence-corrected chi connectivity index (χ1v) is 6.46. The van der Waals surface area contributed by atoms with Crippen LogP contribution in [0.2, 0.25) is 0 Å². The third-order valence-corrected chi connectivity index (χ3v) is 2.59. The predicted octanol–water partition coefficient (Wildman–Crippen LogP) is 2.73. The number of rotatable bonds is 7. The molecule has 0 spiro atoms. The van der Waals surface area contributed by atoms with E-state index in [4.69, 9.17) is 9.84 Å². The summed E-state index contributed by atoms with van der Waals surface area (Å²) in [6.45, 7) is 5.01. The van der Waals surface area contributed by atoms with Gasteiger partial charge in [-0.25, -0.2) is 0 Å². The Kier molecular flexibility index (Phi) is 6.29. The van der Waals surface area contributed by atoms with Gasteiger partial charge in [-0.2, -0.15) is 13.2 Å². The van der Waals surface area contributed by atoms with Gasteiger partial charge in [-0.05, 0) is 30.2 Å². The summed E-state index contributed by atoms with van der Waals surface area (Å²) in [7, 11) is 0. The average Bonchev–Trinajstić information content (AvgIpc) is 2.36. The Labute approximate surface area is 116 Å². The zero-order chi connectivity index (χ0) is 15.2. The first-order valence-electron chi connectivity index (χ1n) is 6.46. The standard InChI is InChI=1S/C14H20F3NO2/c1-10(2)7-18-8-11-3-5-12(6-4-11)20-9-13(19)14(15,16)17/h3-6,10,13,18-19H,7-9H2,1-2H3. The Balaban J connectivity index is 2.39. The fraction of sp³-hybridized carbons (Fsp3) is 0.571. The lowest BCUT2D eigenvalue weighted by atomic mass is 10.2. The SMILES string of the molecule is CC(C)CNCc1ccc(OCC(O)C(F)(F)F)cc1. The molecule has 1 unspecified atom stereocenters. The molecule has 0 aliphatic rings. The van der Waals surface area contributed by atoms with Gasteiger partial charge in [-0.15, -0.1) is 0 Å². The number of nitrogens with one attached hydrogen (secondary N) is 1. The molecule has 0 aliphatic heterocycles. The normalized spacial score (nSPS) is 13.6. The van der Waals surface area contributed by atoms with Gasteiger partial charge in [-0.1, -0.05) is 26.0 Å². The maximum atomic E-state index is 12.1. The second-order valence-corrected chi connectivity index (χ2v) is 5.04. The van der Waals surface area contributed by atoms with E-state index in [-0.39, 0.29) is 0 Å². The third kappa shape index (κ3) is 6.25. The molecule has 20 heavy (non-hydrogen) atoms. The minimum atomic E-state index is -4.65. The lowest BCUT2D eigenvalue weighted by Gasteiger charge is -2.15. The summed E-state index contributed by atoms with van der Waals surface area (Å²) >= 11 is 0. The van der Waals surface area contributed by atoms with Crippen molar-refractivity contribution in [3.8, 4) is 5.75 Å². The van der Waals surface area contributed by atoms with Crippen molar-refractivity contribution < 1.29 is 23.0 Å². The summed E-state index contributed by atoms with van der Waals surface area (Å²) < 4.78 is 41.1. The van der Waals surface area contributed by atoms with E-state index in [1.165, 1.54) is 0 Å². The summed E-state index contributed by atoms with van der Waals surface area (Å²) in [4.78, 5) is 0. The highest BCUT2D eigenvalue weighted by atomic mass is 19.4. The van der Waals surface area contributed by atoms with Crippen molar-refractivity contribution >= 4 is 0 Å². The van der Waals surface area contributed by atoms with Gasteiger partial charge < -0.3 is 15.2 Å². The van der Waals surface area contributed by atoms with Crippen LogP contribution >= 0.6 is 0 Å². The van der Waals surface area contributed by atoms with Gasteiger partial charge in [-0.3, -0.25) is 0 Å². The Morgan fingerprint density at radius 1 is 1.20 bits per heavy atom. The summed E-state index contributed by atoms with van der Waals surface area (Å²) in [5, 5.41) is 12.1. The molecule has 0 aliphatic carbocycles. The Hall–Kier alpha value is -1.27. The van der Waals surface area contributed by atoms with E-state index in [9.17, 15) is 13.2 Å². The molecule has 0 amide bonds. The quantitative estimate of drug-likeness (QED) is 0.811. The minimum Gasteiger partial charge on any atom is -0.491 e. The number of hydrogen-bond donors (Lipinski definition) is 2. The van der Waals surface area contributed by atoms with Crippen molar-refractivity contribution in [2.75, 3.05) is 13.2 Å². The van der Waals surface area contributed by atoms with Crippen LogP contribution in [0.15, 0.2) is 24.3 Å². The molecule has 0 saturated carbocycles. The van der Waals surface area contributed by atoms with Crippen LogP contribution in [0.3, 0.4) is 0 Å². The molecule has 1 aromatic carbocycles. The molecule has 2 N–H and O–H groups in total. The fourth-order valence-corrected chi connectivity index (χ4v) is 1.48. The van der Waals surface area contributed by atoms with Crippen LogP contribution in [0.25, 0.3) is 0 Å². The minimum absolute atomic E-state index is 0.306. The first kappa shape index (κ1) is 16.8. The monoisotopic (exact) mass is 291 g/mol. The number of alkyl halides is 3. The highest BCUT2D eigenvalue weighted by molar-refractivity contribution is 5.27. The van der Waals surface area contributed by atoms with Gasteiger partial charge in [0, 0.05) is 6.54 Å². The summed E-state index contributed by atoms with van der Waals surface area (Å²) in [5.41, 5.74) is 1.02. The molecular weight excluding hydrogens is 271 g/mol. The maximum absolute atomic E-state index is 12.1. The molecule has 0 fully saturated rings. The van der Waals surface area contributed by atoms with Crippen LogP contribution in [0.1, 0.15) is 19.4 Å². The van der Waals surface area contributed by atoms with Gasteiger partial charge in [0.2, 0.25) is 0 Å². The number of benzene rings is 1. The first-order chi connectivity index (χ1) is 9.29. The average molecular weight is 291 g/mol. The largest absolute Gasteiger partial charge is 0.491 e. The Morgan fingerprint density at radius 3 is 2.30 bits per heavy atom. The number of aliphatic hydroxyl groups is 1. The summed E-state index contributed by atoms with van der Waals surface area (Å²) in [6.07, 6.45) is -7.12. The van der Waals surface area contributed by atoms with E-state index in [0.29, 0.717) is 18.2 Å². The molecule has 1 aromatic rings. The van der Waals surface area contributed by atoms with Gasteiger partial charge in [0.05, 0.1) is 0 Å². The number of aliphatic hydroxyl groups excluding tert-OH is 1. The van der Waals surface area contributed by atoms with Crippen LogP contribution < -0.4 is 10.1 Å². The topological polar surface area (TPSA) is 41.5 Å². The molecule has 1 rings (SSSR count). The molecule has 0 saturated heterocycles. The second-order valence-electron chi connectivity index (χ2n) is 5.04. The van der Waals surface area contributed by atoms with E-state index in [0.717, 1.165) is 12.1 Å². The zero-order valence-electron chi connectivity index (χ0n) is 11.6. The van der Waals surface area contributed by atoms with Crippen molar-refractivity contribution in [3.63, 3.8) is 0 Å². The van der Waals surface area contributed by atoms with E-state index >= 15 is 0 Å². The second kappa shape index (κ2) is 7.50. The van der Waals surface area contributed by atoms with Crippen molar-refractivity contribution in [2.45, 2.75) is 32.7 Å². The molecule has 0 radical (unpaired) electrons. The van der Waals surface area contributed by atoms with Gasteiger partial charge >= 0.3 is 6.18 Å². The fourth-order valence-electron chi connectivity index (χ4n) is 1.48. The van der Waals surface area contributed by atoms with Crippen molar-refractivity contribution in [3.05, 3.63) is 29.8 Å². The maximum Gasteiger partial charge on any atom is 0.417 e. The molecule has 6 heteroatoms. The molecular formula is C14H20F3NO2. The number of hydrogen-bond acceptors (Lipinski definition) is 3. The zero-order valence-corrected chi connectivity index (χ0v) is 11.6. The van der Waals surface area contributed by atoms with Gasteiger partial charge in [0.25, 0.3) is 0 Å². The lowest BCUT2D eigenvalue weighted by molar-refractivity contribution is -0.210. The van der Waals surface area contributed by atoms with E-state index in [2.05, 4.69) is 19.2 Å². The smallest absolute Gasteiger partial charge is 0.417 e. The van der Waals surface area contributed by atoms with Crippen LogP contribution in [0, 0.1) is 5.92 Å². The van der Waals surface area contributed by atoms with Crippen LogP contribution in [0.4, 0.5) is 13.2 Å². The molecule has 0 heterocycles. The Bertz CT molecular complexity index is 390. The van der Waals surface area contributed by atoms with E-state index < -0.39 is 18.9 Å². The molecule has 1 atom stereocenters. The predicted molar refractivity (Wildman–Crippen MR) is 70.5 cm³/mol. The molecule has 114 valence electrons. The van der Waals surface area contributed by atoms with Crippen LogP contribution in [0.5, 0.6) is 5.75 Å². The number of halogens is 3. The van der Waals surface area contributed by atoms with Gasteiger partial charge in [0.1, 0.15) is 12.4 Å². The Morgan fingerprint density at radius 2 is 1.80 bits per heavy atom. The lowest BCUT2D eigenvalue weighted by Crippen LogP contribution is -2.34. The molecule has 0 aromatic heterocycles. The molecule has 3 nitrogen and oxygen atoms in total. The van der Waals surface area contributed by atoms with E-state index in [1.54, 1.807) is 24.3 Å². The van der Waals surface area contributed by atoms with Crippen LogP contribution in [-0.4, -0.2) is 30.5 Å². The van der Waals surface area contributed by atoms with Gasteiger partial charge in [0.15, 0.2) is 6.10 Å². The number of ether oxygens (including phenoxy) is 1. The van der Waals surface area contributed by atoms with Crippen molar-refractivity contribution in [1.82, 2.24) is 5.32 Å². The van der Waals surface area contributed by atoms with Crippen molar-refractivity contribution in [1.29, 1.82) is 0 Å². The van der Waals surface area contributed by atoms with E-state index in [1.807, 2.05) is 0 Å². The molecule has 0 bridgehead atoms. The van der Waals surface area contributed by atoms with Crippen molar-refractivity contribution in [2.24, 2.45) is 5.92 Å². The highest BCUT2D eigenvalue weighted by Gasteiger charge is 2.38.